The number of benzene rings is 1. The van der Waals surface area contributed by atoms with E-state index in [1.807, 2.05) is 6.07 Å². The highest BCUT2D eigenvalue weighted by molar-refractivity contribution is 8.00. The van der Waals surface area contributed by atoms with E-state index in [1.165, 1.54) is 14.0 Å². The van der Waals surface area contributed by atoms with Gasteiger partial charge in [-0.05, 0) is 48.8 Å². The molecule has 2 aromatic rings. The van der Waals surface area contributed by atoms with Crippen LogP contribution >= 0.6 is 23.1 Å². The van der Waals surface area contributed by atoms with E-state index in [2.05, 4.69) is 4.98 Å². The van der Waals surface area contributed by atoms with E-state index in [4.69, 9.17) is 4.74 Å². The third-order valence-electron chi connectivity index (χ3n) is 8.07. The Bertz CT molecular complexity index is 1300. The van der Waals surface area contributed by atoms with E-state index in [9.17, 15) is 29.4 Å². The predicted octanol–water partition coefficient (Wildman–Crippen LogP) is 2.10. The summed E-state index contributed by atoms with van der Waals surface area (Å²) in [6.45, 7) is 1.37. The van der Waals surface area contributed by atoms with Crippen LogP contribution in [0.5, 0.6) is 11.5 Å². The Labute approximate surface area is 202 Å². The van der Waals surface area contributed by atoms with Gasteiger partial charge in [0.1, 0.15) is 6.04 Å². The first-order valence-electron chi connectivity index (χ1n) is 11.1. The summed E-state index contributed by atoms with van der Waals surface area (Å²) in [5.41, 5.74) is 0.873. The highest BCUT2D eigenvalue weighted by Gasteiger charge is 2.70. The second-order valence-electron chi connectivity index (χ2n) is 9.45. The number of carboxylic acids is 1. The normalized spacial score (nSPS) is 34.1. The van der Waals surface area contributed by atoms with Crippen molar-refractivity contribution in [2.75, 3.05) is 7.11 Å². The van der Waals surface area contributed by atoms with Gasteiger partial charge in [-0.1, -0.05) is 17.4 Å². The number of nitrogens with zero attached hydrogens (tertiary/aromatic N) is 1. The predicted molar refractivity (Wildman–Crippen MR) is 122 cm³/mol. The second-order valence-corrected chi connectivity index (χ2v) is 11.7. The number of carbonyl (C=O) groups excluding carboxylic acids is 2. The number of imide groups is 1. The minimum atomic E-state index is -1.20. The molecule has 11 heteroatoms. The lowest BCUT2D eigenvalue weighted by Crippen LogP contribution is -2.44. The molecule has 178 valence electrons. The SMILES string of the molecule is COc1cc([C@@H]2c3sc(=O)[nH]c3S[C@@H]3[C@H]4C[C@@H]([C@@H]5C(=O)N([C@H](C)C(=O)O)C(=O)[C@@H]45)[C@@H]23)ccc1O. The second kappa shape index (κ2) is 7.35. The molecule has 34 heavy (non-hydrogen) atoms. The molecule has 6 rings (SSSR count). The van der Waals surface area contributed by atoms with E-state index in [0.717, 1.165) is 38.1 Å². The number of thiazole rings is 1. The van der Waals surface area contributed by atoms with Crippen LogP contribution in [0.15, 0.2) is 28.0 Å². The van der Waals surface area contributed by atoms with Crippen molar-refractivity contribution in [3.63, 3.8) is 0 Å². The smallest absolute Gasteiger partial charge is 0.326 e. The van der Waals surface area contributed by atoms with Crippen LogP contribution in [-0.2, 0) is 14.4 Å². The lowest BCUT2D eigenvalue weighted by Gasteiger charge is -2.43. The van der Waals surface area contributed by atoms with Crippen LogP contribution in [0, 0.1) is 29.6 Å². The molecule has 0 unspecified atom stereocenters. The number of hydrogen-bond acceptors (Lipinski definition) is 8. The number of aliphatic carboxylic acids is 1. The molecule has 4 aliphatic rings. The van der Waals surface area contributed by atoms with Crippen LogP contribution in [0.2, 0.25) is 0 Å². The summed E-state index contributed by atoms with van der Waals surface area (Å²) in [7, 11) is 1.47. The van der Waals surface area contributed by atoms with Gasteiger partial charge in [0.15, 0.2) is 11.5 Å². The van der Waals surface area contributed by atoms with Gasteiger partial charge in [0.25, 0.3) is 0 Å². The first-order chi connectivity index (χ1) is 16.2. The minimum Gasteiger partial charge on any atom is -0.504 e. The number of phenols is 1. The van der Waals surface area contributed by atoms with E-state index in [0.29, 0.717) is 5.75 Å². The van der Waals surface area contributed by atoms with Gasteiger partial charge >= 0.3 is 10.8 Å². The number of carboxylic acid groups (broad SMARTS) is 1. The summed E-state index contributed by atoms with van der Waals surface area (Å²) in [5.74, 6) is -3.10. The van der Waals surface area contributed by atoms with Crippen LogP contribution in [0.3, 0.4) is 0 Å². The van der Waals surface area contributed by atoms with Crippen molar-refractivity contribution >= 4 is 40.9 Å². The lowest BCUT2D eigenvalue weighted by atomic mass is 9.68. The topological polar surface area (TPSA) is 137 Å². The van der Waals surface area contributed by atoms with Gasteiger partial charge in [-0.15, -0.1) is 11.8 Å². The summed E-state index contributed by atoms with van der Waals surface area (Å²) in [6, 6.07) is 3.95. The van der Waals surface area contributed by atoms with Gasteiger partial charge in [-0.3, -0.25) is 19.3 Å². The molecule has 0 spiro atoms. The van der Waals surface area contributed by atoms with Crippen molar-refractivity contribution in [1.82, 2.24) is 9.88 Å². The van der Waals surface area contributed by atoms with E-state index < -0.39 is 29.8 Å². The molecule has 2 aliphatic heterocycles. The number of amides is 2. The zero-order valence-corrected chi connectivity index (χ0v) is 19.9. The number of ether oxygens (including phenoxy) is 1. The standard InChI is InChI=1S/C23H22N2O7S2/c1-7(22(29)30)25-20(27)15-9-6-10(16(15)21(25)28)17-14(9)13(18-19(33-17)24-23(31)34-18)8-3-4-11(26)12(5-8)32-2/h3-5,7,9-10,13-17,26H,6H2,1-2H3,(H,24,31)(H,29,30)/t7-,9-,10+,13+,14+,15+,16+,17-/m1/s1. The van der Waals surface area contributed by atoms with Crippen LogP contribution in [0.25, 0.3) is 0 Å². The van der Waals surface area contributed by atoms with Crippen molar-refractivity contribution in [3.05, 3.63) is 38.3 Å². The third-order valence-corrected chi connectivity index (χ3v) is 10.7. The first kappa shape index (κ1) is 21.7. The number of fused-ring (bicyclic) bond motifs is 9. The van der Waals surface area contributed by atoms with Crippen molar-refractivity contribution < 1.29 is 29.3 Å². The number of phenolic OH excluding ortho intramolecular Hbond substituents is 1. The maximum Gasteiger partial charge on any atom is 0.326 e. The summed E-state index contributed by atoms with van der Waals surface area (Å²) < 4.78 is 5.32. The summed E-state index contributed by atoms with van der Waals surface area (Å²) in [4.78, 5) is 55.1. The molecular weight excluding hydrogens is 480 g/mol. The number of rotatable bonds is 4. The Morgan fingerprint density at radius 1 is 1.21 bits per heavy atom. The lowest BCUT2D eigenvalue weighted by molar-refractivity contribution is -0.154. The Hall–Kier alpha value is -2.79. The van der Waals surface area contributed by atoms with Crippen molar-refractivity contribution in [3.8, 4) is 11.5 Å². The maximum absolute atomic E-state index is 13.4. The molecule has 2 amide bonds. The summed E-state index contributed by atoms with van der Waals surface area (Å²) >= 11 is 2.71. The number of aromatic amines is 1. The molecule has 1 aromatic heterocycles. The molecule has 1 aromatic carbocycles. The Morgan fingerprint density at radius 2 is 1.91 bits per heavy atom. The van der Waals surface area contributed by atoms with Crippen molar-refractivity contribution in [1.29, 1.82) is 0 Å². The molecule has 2 bridgehead atoms. The van der Waals surface area contributed by atoms with Gasteiger partial charge in [0.2, 0.25) is 11.8 Å². The van der Waals surface area contributed by atoms with Gasteiger partial charge in [-0.25, -0.2) is 4.79 Å². The minimum absolute atomic E-state index is 0.00521. The molecule has 9 nitrogen and oxygen atoms in total. The summed E-state index contributed by atoms with van der Waals surface area (Å²) in [6.07, 6.45) is 0.718. The average Bonchev–Trinajstić information content (AvgIpc) is 3.52. The van der Waals surface area contributed by atoms with Gasteiger partial charge < -0.3 is 19.9 Å². The quantitative estimate of drug-likeness (QED) is 0.541. The number of thioether (sulfide) groups is 1. The van der Waals surface area contributed by atoms with E-state index >= 15 is 0 Å². The van der Waals surface area contributed by atoms with Crippen LogP contribution < -0.4 is 9.61 Å². The number of aromatic nitrogens is 1. The maximum atomic E-state index is 13.4. The van der Waals surface area contributed by atoms with Crippen molar-refractivity contribution in [2.45, 2.75) is 35.6 Å². The fourth-order valence-electron chi connectivity index (χ4n) is 6.79. The molecule has 3 heterocycles. The molecule has 2 saturated carbocycles. The molecular formula is C23H22N2O7S2. The number of nitrogens with one attached hydrogen (secondary N) is 1. The fourth-order valence-corrected chi connectivity index (χ4v) is 9.68. The molecule has 1 saturated heterocycles. The first-order valence-corrected chi connectivity index (χ1v) is 12.8. The van der Waals surface area contributed by atoms with Crippen molar-refractivity contribution in [2.24, 2.45) is 29.6 Å². The average molecular weight is 503 g/mol. The zero-order chi connectivity index (χ0) is 24.0. The van der Waals surface area contributed by atoms with Gasteiger partial charge in [0.05, 0.1) is 24.0 Å². The Kier molecular flexibility index (Phi) is 4.70. The molecule has 0 radical (unpaired) electrons. The Balaban J connectivity index is 1.46. The fraction of sp³-hybridized carbons (Fsp3) is 0.478. The molecule has 8 atom stereocenters. The number of likely N-dealkylation sites (tertiary alicyclic amines) is 1. The van der Waals surface area contributed by atoms with Gasteiger partial charge in [0, 0.05) is 16.0 Å². The molecule has 3 fully saturated rings. The third kappa shape index (κ3) is 2.73. The van der Waals surface area contributed by atoms with Crippen LogP contribution in [-0.4, -0.2) is 56.3 Å². The largest absolute Gasteiger partial charge is 0.504 e. The van der Waals surface area contributed by atoms with E-state index in [-0.39, 0.29) is 45.5 Å². The van der Waals surface area contributed by atoms with Crippen LogP contribution in [0.1, 0.15) is 29.7 Å². The molecule has 3 N–H and O–H groups in total. The number of methoxy groups -OCH3 is 1. The Morgan fingerprint density at radius 3 is 2.59 bits per heavy atom. The highest BCUT2D eigenvalue weighted by atomic mass is 32.2. The highest BCUT2D eigenvalue weighted by Crippen LogP contribution is 2.68. The van der Waals surface area contributed by atoms with Crippen LogP contribution in [0.4, 0.5) is 0 Å². The number of hydrogen-bond donors (Lipinski definition) is 3. The monoisotopic (exact) mass is 502 g/mol. The number of aromatic hydroxyl groups is 1. The van der Waals surface area contributed by atoms with E-state index in [1.54, 1.807) is 23.9 Å². The number of carbonyl (C=O) groups is 3. The number of H-pyrrole nitrogens is 1. The zero-order valence-electron chi connectivity index (χ0n) is 18.3. The molecule has 2 aliphatic carbocycles. The van der Waals surface area contributed by atoms with Gasteiger partial charge in [-0.2, -0.15) is 0 Å². The summed E-state index contributed by atoms with van der Waals surface area (Å²) in [5, 5.41) is 20.4.